The second-order valence-corrected chi connectivity index (χ2v) is 7.00. The van der Waals surface area contributed by atoms with Gasteiger partial charge in [0.1, 0.15) is 0 Å². The van der Waals surface area contributed by atoms with Crippen molar-refractivity contribution in [2.45, 2.75) is 6.92 Å². The fourth-order valence-electron chi connectivity index (χ4n) is 2.54. The van der Waals surface area contributed by atoms with Gasteiger partial charge in [-0.2, -0.15) is 0 Å². The van der Waals surface area contributed by atoms with Crippen molar-refractivity contribution in [3.63, 3.8) is 0 Å². The summed E-state index contributed by atoms with van der Waals surface area (Å²) in [4.78, 5) is 28.8. The molecule has 1 saturated heterocycles. The van der Waals surface area contributed by atoms with E-state index in [1.165, 1.54) is 18.9 Å². The molecule has 1 aliphatic heterocycles. The number of likely N-dealkylation sites (N-methyl/N-ethyl adjacent to an activating group) is 1. The third kappa shape index (κ3) is 5.61. The van der Waals surface area contributed by atoms with Crippen molar-refractivity contribution >= 4 is 40.5 Å². The van der Waals surface area contributed by atoms with Crippen LogP contribution in [-0.4, -0.2) is 37.2 Å². The van der Waals surface area contributed by atoms with Crippen LogP contribution < -0.4 is 20.1 Å². The SMILES string of the molecule is CCNC(=O)COc1ccc(/C=C2\SC(=Nc3ccccc3)NC2=O)cc1OC. The Hall–Kier alpha value is -3.26. The molecule has 2 N–H and O–H groups in total. The second-order valence-electron chi connectivity index (χ2n) is 5.97. The fourth-order valence-corrected chi connectivity index (χ4v) is 3.38. The molecule has 0 bridgehead atoms. The van der Waals surface area contributed by atoms with Crippen LogP contribution in [0.15, 0.2) is 58.4 Å². The minimum atomic E-state index is -0.208. The van der Waals surface area contributed by atoms with Crippen molar-refractivity contribution < 1.29 is 19.1 Å². The van der Waals surface area contributed by atoms with Gasteiger partial charge in [0.2, 0.25) is 0 Å². The summed E-state index contributed by atoms with van der Waals surface area (Å²) in [6, 6.07) is 14.7. The first-order valence-electron chi connectivity index (χ1n) is 9.01. The molecule has 0 unspecified atom stereocenters. The molecule has 1 aliphatic rings. The molecule has 0 aromatic heterocycles. The average Bonchev–Trinajstić information content (AvgIpc) is 3.06. The molecule has 1 fully saturated rings. The van der Waals surface area contributed by atoms with E-state index in [4.69, 9.17) is 9.47 Å². The number of hydrogen-bond donors (Lipinski definition) is 2. The Balaban J connectivity index is 1.73. The van der Waals surface area contributed by atoms with E-state index in [9.17, 15) is 9.59 Å². The number of hydrogen-bond acceptors (Lipinski definition) is 6. The molecule has 1 heterocycles. The van der Waals surface area contributed by atoms with E-state index >= 15 is 0 Å². The lowest BCUT2D eigenvalue weighted by Gasteiger charge is -2.11. The summed E-state index contributed by atoms with van der Waals surface area (Å²) >= 11 is 1.27. The molecule has 2 amide bonds. The maximum atomic E-state index is 12.3. The predicted molar refractivity (Wildman–Crippen MR) is 114 cm³/mol. The number of benzene rings is 2. The first kappa shape index (κ1) is 20.5. The molecule has 0 spiro atoms. The number of carbonyl (C=O) groups excluding carboxylic acids is 2. The van der Waals surface area contributed by atoms with Crippen LogP contribution in [0.25, 0.3) is 6.08 Å². The summed E-state index contributed by atoms with van der Waals surface area (Å²) in [5.74, 6) is 0.520. The van der Waals surface area contributed by atoms with E-state index in [1.54, 1.807) is 24.3 Å². The van der Waals surface area contributed by atoms with Gasteiger partial charge in [0.15, 0.2) is 23.3 Å². The Morgan fingerprint density at radius 2 is 2.00 bits per heavy atom. The molecule has 2 aromatic rings. The van der Waals surface area contributed by atoms with Crippen molar-refractivity contribution in [1.82, 2.24) is 10.6 Å². The highest BCUT2D eigenvalue weighted by Gasteiger charge is 2.24. The van der Waals surface area contributed by atoms with Gasteiger partial charge >= 0.3 is 0 Å². The number of ether oxygens (including phenoxy) is 2. The number of thioether (sulfide) groups is 1. The van der Waals surface area contributed by atoms with Crippen LogP contribution in [0, 0.1) is 0 Å². The van der Waals surface area contributed by atoms with Gasteiger partial charge in [-0.15, -0.1) is 0 Å². The Kier molecular flexibility index (Phi) is 6.91. The molecule has 0 atom stereocenters. The van der Waals surface area contributed by atoms with E-state index < -0.39 is 0 Å². The average molecular weight is 411 g/mol. The highest BCUT2D eigenvalue weighted by atomic mass is 32.2. The van der Waals surface area contributed by atoms with E-state index in [0.717, 1.165) is 11.3 Å². The Morgan fingerprint density at radius 1 is 1.21 bits per heavy atom. The smallest absolute Gasteiger partial charge is 0.264 e. The second kappa shape index (κ2) is 9.79. The van der Waals surface area contributed by atoms with Crippen LogP contribution in [0.5, 0.6) is 11.5 Å². The third-order valence-corrected chi connectivity index (χ3v) is 4.77. The minimum absolute atomic E-state index is 0.0950. The van der Waals surface area contributed by atoms with Gasteiger partial charge < -0.3 is 20.1 Å². The largest absolute Gasteiger partial charge is 0.493 e. The Morgan fingerprint density at radius 3 is 2.72 bits per heavy atom. The van der Waals surface area contributed by atoms with Crippen LogP contribution in [0.2, 0.25) is 0 Å². The highest BCUT2D eigenvalue weighted by Crippen LogP contribution is 2.32. The van der Waals surface area contributed by atoms with E-state index in [1.807, 2.05) is 37.3 Å². The number of nitrogens with zero attached hydrogens (tertiary/aromatic N) is 1. The number of methoxy groups -OCH3 is 1. The standard InChI is InChI=1S/C21H21N3O4S/c1-3-22-19(25)13-28-16-10-9-14(11-17(16)27-2)12-18-20(26)24-21(29-18)23-15-7-5-4-6-8-15/h4-12H,3,13H2,1-2H3,(H,22,25)(H,23,24,26)/b18-12-. The third-order valence-electron chi connectivity index (χ3n) is 3.86. The molecule has 29 heavy (non-hydrogen) atoms. The number of rotatable bonds is 7. The van der Waals surface area contributed by atoms with E-state index in [-0.39, 0.29) is 18.4 Å². The monoisotopic (exact) mass is 411 g/mol. The van der Waals surface area contributed by atoms with Gasteiger partial charge in [-0.25, -0.2) is 4.99 Å². The zero-order valence-electron chi connectivity index (χ0n) is 16.1. The van der Waals surface area contributed by atoms with Crippen LogP contribution in [0.4, 0.5) is 5.69 Å². The molecule has 7 nitrogen and oxygen atoms in total. The molecule has 0 aliphatic carbocycles. The fraction of sp³-hybridized carbons (Fsp3) is 0.190. The predicted octanol–water partition coefficient (Wildman–Crippen LogP) is 3.10. The minimum Gasteiger partial charge on any atom is -0.493 e. The van der Waals surface area contributed by atoms with Crippen LogP contribution in [0.3, 0.4) is 0 Å². The van der Waals surface area contributed by atoms with Gasteiger partial charge in [0, 0.05) is 6.54 Å². The summed E-state index contributed by atoms with van der Waals surface area (Å²) < 4.78 is 10.9. The highest BCUT2D eigenvalue weighted by molar-refractivity contribution is 8.18. The molecule has 0 saturated carbocycles. The van der Waals surface area contributed by atoms with E-state index in [2.05, 4.69) is 15.6 Å². The molecular formula is C21H21N3O4S. The zero-order valence-corrected chi connectivity index (χ0v) is 16.9. The first-order chi connectivity index (χ1) is 14.1. The summed E-state index contributed by atoms with van der Waals surface area (Å²) in [7, 11) is 1.52. The van der Waals surface area contributed by atoms with Crippen LogP contribution in [0.1, 0.15) is 12.5 Å². The number of para-hydroxylation sites is 1. The lowest BCUT2D eigenvalue weighted by molar-refractivity contribution is -0.123. The normalized spacial score (nSPS) is 16.0. The van der Waals surface area contributed by atoms with Gasteiger partial charge in [-0.3, -0.25) is 9.59 Å². The molecule has 150 valence electrons. The summed E-state index contributed by atoms with van der Waals surface area (Å²) in [6.07, 6.45) is 1.75. The quantitative estimate of drug-likeness (QED) is 0.684. The maximum absolute atomic E-state index is 12.3. The maximum Gasteiger partial charge on any atom is 0.264 e. The van der Waals surface area contributed by atoms with Gasteiger partial charge in [-0.1, -0.05) is 24.3 Å². The summed E-state index contributed by atoms with van der Waals surface area (Å²) in [5.41, 5.74) is 1.54. The zero-order chi connectivity index (χ0) is 20.6. The van der Waals surface area contributed by atoms with Crippen molar-refractivity contribution in [1.29, 1.82) is 0 Å². The molecule has 3 rings (SSSR count). The lowest BCUT2D eigenvalue weighted by atomic mass is 10.2. The number of aliphatic imine (C=N–C) groups is 1. The number of amidine groups is 1. The Bertz CT molecular complexity index is 958. The van der Waals surface area contributed by atoms with Gasteiger partial charge in [0.05, 0.1) is 17.7 Å². The molecule has 8 heteroatoms. The van der Waals surface area contributed by atoms with Crippen molar-refractivity contribution in [2.24, 2.45) is 4.99 Å². The topological polar surface area (TPSA) is 89.0 Å². The summed E-state index contributed by atoms with van der Waals surface area (Å²) in [6.45, 7) is 2.29. The van der Waals surface area contributed by atoms with Crippen molar-refractivity contribution in [2.75, 3.05) is 20.3 Å². The number of carbonyl (C=O) groups is 2. The molecule has 2 aromatic carbocycles. The van der Waals surface area contributed by atoms with Crippen LogP contribution >= 0.6 is 11.8 Å². The number of amides is 2. The van der Waals surface area contributed by atoms with Gasteiger partial charge in [-0.05, 0) is 54.6 Å². The molecular weight excluding hydrogens is 390 g/mol. The van der Waals surface area contributed by atoms with Gasteiger partial charge in [0.25, 0.3) is 11.8 Å². The lowest BCUT2D eigenvalue weighted by Crippen LogP contribution is -2.28. The summed E-state index contributed by atoms with van der Waals surface area (Å²) in [5, 5.41) is 5.96. The number of nitrogens with one attached hydrogen (secondary N) is 2. The van der Waals surface area contributed by atoms with E-state index in [0.29, 0.717) is 28.1 Å². The van der Waals surface area contributed by atoms with Crippen molar-refractivity contribution in [3.05, 3.63) is 59.0 Å². The molecule has 0 radical (unpaired) electrons. The Labute approximate surface area is 173 Å². The van der Waals surface area contributed by atoms with Crippen molar-refractivity contribution in [3.8, 4) is 11.5 Å². The first-order valence-corrected chi connectivity index (χ1v) is 9.83. The van der Waals surface area contributed by atoms with Crippen LogP contribution in [-0.2, 0) is 9.59 Å².